The monoisotopic (exact) mass is 471 g/mol. The number of rotatable bonds is 8. The van der Waals surface area contributed by atoms with Gasteiger partial charge in [-0.05, 0) is 43.7 Å². The Hall–Kier alpha value is -1.90. The Morgan fingerprint density at radius 3 is 2.73 bits per heavy atom. The largest absolute Gasteiger partial charge is 0.374 e. The molecule has 2 rings (SSSR count). The van der Waals surface area contributed by atoms with E-state index < -0.39 is 0 Å². The smallest absolute Gasteiger partial charge is 0.191 e. The van der Waals surface area contributed by atoms with Gasteiger partial charge in [-0.25, -0.2) is 9.38 Å². The van der Waals surface area contributed by atoms with Gasteiger partial charge >= 0.3 is 0 Å². The normalized spacial score (nSPS) is 10.8. The van der Waals surface area contributed by atoms with E-state index in [0.717, 1.165) is 43.4 Å². The summed E-state index contributed by atoms with van der Waals surface area (Å²) in [5.41, 5.74) is 1.82. The van der Waals surface area contributed by atoms with Gasteiger partial charge < -0.3 is 15.5 Å². The third kappa shape index (κ3) is 7.99. The van der Waals surface area contributed by atoms with Crippen molar-refractivity contribution < 1.29 is 4.39 Å². The van der Waals surface area contributed by atoms with Crippen LogP contribution in [0.25, 0.3) is 0 Å². The van der Waals surface area contributed by atoms with Crippen LogP contribution < -0.4 is 15.5 Å². The molecule has 7 heteroatoms. The molecule has 0 aliphatic heterocycles. The zero-order valence-electron chi connectivity index (χ0n) is 15.3. The molecule has 2 aromatic rings. The Bertz CT molecular complexity index is 666. The topological polar surface area (TPSA) is 52.6 Å². The lowest BCUT2D eigenvalue weighted by molar-refractivity contribution is 0.626. The van der Waals surface area contributed by atoms with Crippen molar-refractivity contribution >= 4 is 35.6 Å². The van der Waals surface area contributed by atoms with E-state index in [2.05, 4.69) is 20.6 Å². The molecule has 0 radical (unpaired) electrons. The molecule has 0 saturated heterocycles. The molecule has 5 nitrogen and oxygen atoms in total. The van der Waals surface area contributed by atoms with E-state index in [0.29, 0.717) is 6.54 Å². The second kappa shape index (κ2) is 12.5. The predicted octanol–water partition coefficient (Wildman–Crippen LogP) is 3.42. The number of aliphatic imine (C=N–C) groups is 1. The maximum Gasteiger partial charge on any atom is 0.191 e. The lowest BCUT2D eigenvalue weighted by Gasteiger charge is -2.19. The summed E-state index contributed by atoms with van der Waals surface area (Å²) < 4.78 is 13.3. The summed E-state index contributed by atoms with van der Waals surface area (Å²) in [6.45, 7) is 5.00. The maximum absolute atomic E-state index is 13.3. The van der Waals surface area contributed by atoms with E-state index in [9.17, 15) is 4.39 Å². The number of halogens is 2. The standard InChI is InChI=1S/C19H26FN5.HI/c1-3-21-19(24-15-17-9-4-5-11-22-17)23-12-7-13-25(2)18-10-6-8-16(20)14-18;/h4-6,8-11,14H,3,7,12-13,15H2,1-2H3,(H2,21,23,24);1H. The van der Waals surface area contributed by atoms with Crippen molar-refractivity contribution in [2.24, 2.45) is 4.99 Å². The summed E-state index contributed by atoms with van der Waals surface area (Å²) in [4.78, 5) is 10.9. The molecule has 0 atom stereocenters. The number of hydrogen-bond donors (Lipinski definition) is 2. The van der Waals surface area contributed by atoms with Gasteiger partial charge in [0.1, 0.15) is 5.82 Å². The van der Waals surface area contributed by atoms with Gasteiger partial charge in [0.05, 0.1) is 12.2 Å². The van der Waals surface area contributed by atoms with E-state index in [-0.39, 0.29) is 29.8 Å². The minimum Gasteiger partial charge on any atom is -0.374 e. The SMILES string of the molecule is CCNC(=NCc1ccccn1)NCCCN(C)c1cccc(F)c1.I. The highest BCUT2D eigenvalue weighted by Gasteiger charge is 2.03. The molecule has 1 heterocycles. The van der Waals surface area contributed by atoms with E-state index in [1.54, 1.807) is 18.3 Å². The summed E-state index contributed by atoms with van der Waals surface area (Å²) in [5, 5.41) is 6.55. The van der Waals surface area contributed by atoms with Gasteiger partial charge in [-0.3, -0.25) is 4.98 Å². The number of guanidine groups is 1. The van der Waals surface area contributed by atoms with Crippen LogP contribution in [0.5, 0.6) is 0 Å². The first kappa shape index (κ1) is 22.1. The van der Waals surface area contributed by atoms with Crippen molar-refractivity contribution in [3.63, 3.8) is 0 Å². The van der Waals surface area contributed by atoms with Crippen molar-refractivity contribution in [3.05, 3.63) is 60.2 Å². The molecule has 2 N–H and O–H groups in total. The van der Waals surface area contributed by atoms with Gasteiger partial charge in [0.2, 0.25) is 0 Å². The highest BCUT2D eigenvalue weighted by Crippen LogP contribution is 2.13. The van der Waals surface area contributed by atoms with Gasteiger partial charge in [0.15, 0.2) is 5.96 Å². The minimum absolute atomic E-state index is 0. The average molecular weight is 471 g/mol. The third-order valence-electron chi connectivity index (χ3n) is 3.68. The molecule has 0 unspecified atom stereocenters. The number of hydrogen-bond acceptors (Lipinski definition) is 3. The Balaban J connectivity index is 0.00000338. The molecular weight excluding hydrogens is 444 g/mol. The zero-order chi connectivity index (χ0) is 17.9. The molecule has 0 saturated carbocycles. The van der Waals surface area contributed by atoms with Gasteiger partial charge in [-0.2, -0.15) is 0 Å². The first-order chi connectivity index (χ1) is 12.2. The van der Waals surface area contributed by atoms with Crippen LogP contribution in [-0.2, 0) is 6.54 Å². The van der Waals surface area contributed by atoms with Crippen molar-refractivity contribution in [1.29, 1.82) is 0 Å². The van der Waals surface area contributed by atoms with Crippen LogP contribution in [0, 0.1) is 5.82 Å². The van der Waals surface area contributed by atoms with Crippen LogP contribution in [0.15, 0.2) is 53.7 Å². The van der Waals surface area contributed by atoms with Crippen LogP contribution in [0.4, 0.5) is 10.1 Å². The molecule has 0 bridgehead atoms. The fourth-order valence-electron chi connectivity index (χ4n) is 2.36. The number of nitrogens with one attached hydrogen (secondary N) is 2. The lowest BCUT2D eigenvalue weighted by atomic mass is 10.2. The number of anilines is 1. The molecule has 142 valence electrons. The van der Waals surface area contributed by atoms with E-state index in [1.165, 1.54) is 6.07 Å². The molecule has 0 spiro atoms. The second-order valence-electron chi connectivity index (χ2n) is 5.70. The van der Waals surface area contributed by atoms with Crippen molar-refractivity contribution in [2.45, 2.75) is 19.9 Å². The molecular formula is C19H27FIN5. The number of nitrogens with zero attached hydrogens (tertiary/aromatic N) is 3. The van der Waals surface area contributed by atoms with Gasteiger partial charge in [0, 0.05) is 38.6 Å². The van der Waals surface area contributed by atoms with E-state index in [1.807, 2.05) is 43.1 Å². The average Bonchev–Trinajstić information content (AvgIpc) is 2.63. The Kier molecular flexibility index (Phi) is 10.6. The summed E-state index contributed by atoms with van der Waals surface area (Å²) >= 11 is 0. The van der Waals surface area contributed by atoms with Crippen LogP contribution in [-0.4, -0.2) is 37.6 Å². The summed E-state index contributed by atoms with van der Waals surface area (Å²) in [5.74, 6) is 0.570. The minimum atomic E-state index is -0.210. The van der Waals surface area contributed by atoms with Gasteiger partial charge in [0.25, 0.3) is 0 Å². The summed E-state index contributed by atoms with van der Waals surface area (Å²) in [7, 11) is 1.97. The Morgan fingerprint density at radius 1 is 1.19 bits per heavy atom. The number of aromatic nitrogens is 1. The van der Waals surface area contributed by atoms with Crippen LogP contribution in [0.3, 0.4) is 0 Å². The summed E-state index contributed by atoms with van der Waals surface area (Å²) in [6.07, 6.45) is 2.69. The lowest BCUT2D eigenvalue weighted by Crippen LogP contribution is -2.38. The predicted molar refractivity (Wildman–Crippen MR) is 117 cm³/mol. The molecule has 0 amide bonds. The first-order valence-electron chi connectivity index (χ1n) is 8.58. The maximum atomic E-state index is 13.3. The third-order valence-corrected chi connectivity index (χ3v) is 3.68. The highest BCUT2D eigenvalue weighted by atomic mass is 127. The van der Waals surface area contributed by atoms with Crippen LogP contribution in [0.1, 0.15) is 19.0 Å². The van der Waals surface area contributed by atoms with Gasteiger partial charge in [-0.15, -0.1) is 24.0 Å². The summed E-state index contributed by atoms with van der Waals surface area (Å²) in [6, 6.07) is 12.5. The molecule has 1 aromatic carbocycles. The zero-order valence-corrected chi connectivity index (χ0v) is 17.6. The molecule has 0 aliphatic rings. The molecule has 0 fully saturated rings. The van der Waals surface area contributed by atoms with Crippen LogP contribution in [0.2, 0.25) is 0 Å². The fraction of sp³-hybridized carbons (Fsp3) is 0.368. The number of benzene rings is 1. The fourth-order valence-corrected chi connectivity index (χ4v) is 2.36. The molecule has 0 aliphatic carbocycles. The second-order valence-corrected chi connectivity index (χ2v) is 5.70. The molecule has 1 aromatic heterocycles. The van der Waals surface area contributed by atoms with Crippen molar-refractivity contribution in [1.82, 2.24) is 15.6 Å². The Labute approximate surface area is 172 Å². The van der Waals surface area contributed by atoms with Crippen molar-refractivity contribution in [2.75, 3.05) is 31.6 Å². The Morgan fingerprint density at radius 2 is 2.04 bits per heavy atom. The molecule has 26 heavy (non-hydrogen) atoms. The van der Waals surface area contributed by atoms with E-state index >= 15 is 0 Å². The number of pyridine rings is 1. The van der Waals surface area contributed by atoms with Crippen molar-refractivity contribution in [3.8, 4) is 0 Å². The highest BCUT2D eigenvalue weighted by molar-refractivity contribution is 14.0. The first-order valence-corrected chi connectivity index (χ1v) is 8.58. The van der Waals surface area contributed by atoms with Gasteiger partial charge in [-0.1, -0.05) is 12.1 Å². The quantitative estimate of drug-likeness (QED) is 0.268. The van der Waals surface area contributed by atoms with Crippen LogP contribution >= 0.6 is 24.0 Å². The van der Waals surface area contributed by atoms with E-state index in [4.69, 9.17) is 0 Å².